The van der Waals surface area contributed by atoms with Gasteiger partial charge < -0.3 is 19.7 Å². The fourth-order valence-corrected chi connectivity index (χ4v) is 3.25. The molecule has 0 aromatic heterocycles. The molecule has 2 aromatic carbocycles. The zero-order chi connectivity index (χ0) is 17.3. The summed E-state index contributed by atoms with van der Waals surface area (Å²) in [5.41, 5.74) is 3.86. The Bertz CT molecular complexity index is 627. The highest BCUT2D eigenvalue weighted by Crippen LogP contribution is 2.22. The number of hydrogen-bond donors (Lipinski definition) is 1. The molecule has 1 aliphatic rings. The van der Waals surface area contributed by atoms with Crippen LogP contribution in [0.5, 0.6) is 0 Å². The van der Waals surface area contributed by atoms with Gasteiger partial charge in [0, 0.05) is 38.5 Å². The summed E-state index contributed by atoms with van der Waals surface area (Å²) in [4.78, 5) is 2.41. The van der Waals surface area contributed by atoms with E-state index in [4.69, 9.17) is 9.47 Å². The zero-order valence-electron chi connectivity index (χ0n) is 15.0. The maximum atomic E-state index is 5.92. The molecule has 0 radical (unpaired) electrons. The van der Waals surface area contributed by atoms with Crippen molar-refractivity contribution in [3.8, 4) is 0 Å². The second kappa shape index (κ2) is 9.56. The minimum atomic E-state index is 0.0850. The van der Waals surface area contributed by atoms with Gasteiger partial charge in [0.2, 0.25) is 0 Å². The van der Waals surface area contributed by atoms with Gasteiger partial charge in [0.05, 0.1) is 19.3 Å². The Balaban J connectivity index is 1.61. The number of para-hydroxylation sites is 1. The summed E-state index contributed by atoms with van der Waals surface area (Å²) in [6.45, 7) is 7.93. The standard InChI is InChI=1S/C21H28N2O2/c1-2-25-21(18-8-4-3-5-9-18)17-22-16-19-10-6-7-11-20(19)23-12-14-24-15-13-23/h3-11,21-22H,2,12-17H2,1H3. The molecular formula is C21H28N2O2. The van der Waals surface area contributed by atoms with E-state index < -0.39 is 0 Å². The van der Waals surface area contributed by atoms with Gasteiger partial charge in [-0.2, -0.15) is 0 Å². The first-order valence-electron chi connectivity index (χ1n) is 9.16. The number of rotatable bonds is 8. The Morgan fingerprint density at radius 3 is 2.52 bits per heavy atom. The second-order valence-electron chi connectivity index (χ2n) is 6.21. The zero-order valence-corrected chi connectivity index (χ0v) is 15.0. The number of nitrogens with one attached hydrogen (secondary N) is 1. The molecule has 1 heterocycles. The van der Waals surface area contributed by atoms with Gasteiger partial charge in [-0.05, 0) is 24.1 Å². The summed E-state index contributed by atoms with van der Waals surface area (Å²) < 4.78 is 11.4. The topological polar surface area (TPSA) is 33.7 Å². The van der Waals surface area contributed by atoms with E-state index in [2.05, 4.69) is 58.7 Å². The lowest BCUT2D eigenvalue weighted by atomic mass is 10.1. The number of benzene rings is 2. The lowest BCUT2D eigenvalue weighted by molar-refractivity contribution is 0.0621. The Kier molecular flexibility index (Phi) is 6.86. The highest BCUT2D eigenvalue weighted by molar-refractivity contribution is 5.53. The van der Waals surface area contributed by atoms with E-state index in [-0.39, 0.29) is 6.10 Å². The third-order valence-corrected chi connectivity index (χ3v) is 4.53. The molecule has 4 heteroatoms. The molecule has 134 valence electrons. The van der Waals surface area contributed by atoms with Crippen LogP contribution in [0, 0.1) is 0 Å². The van der Waals surface area contributed by atoms with Crippen LogP contribution in [0.25, 0.3) is 0 Å². The van der Waals surface area contributed by atoms with Crippen molar-refractivity contribution >= 4 is 5.69 Å². The Morgan fingerprint density at radius 1 is 1.04 bits per heavy atom. The van der Waals surface area contributed by atoms with Crippen molar-refractivity contribution < 1.29 is 9.47 Å². The third-order valence-electron chi connectivity index (χ3n) is 4.53. The first-order valence-corrected chi connectivity index (χ1v) is 9.16. The number of hydrogen-bond acceptors (Lipinski definition) is 4. The van der Waals surface area contributed by atoms with Gasteiger partial charge in [-0.25, -0.2) is 0 Å². The van der Waals surface area contributed by atoms with Crippen molar-refractivity contribution in [1.29, 1.82) is 0 Å². The van der Waals surface area contributed by atoms with Crippen LogP contribution in [0.15, 0.2) is 54.6 Å². The summed E-state index contributed by atoms with van der Waals surface area (Å²) in [7, 11) is 0. The normalized spacial score (nSPS) is 16.0. The molecule has 1 atom stereocenters. The van der Waals surface area contributed by atoms with Crippen LogP contribution in [-0.2, 0) is 16.0 Å². The maximum Gasteiger partial charge on any atom is 0.0949 e. The lowest BCUT2D eigenvalue weighted by Crippen LogP contribution is -2.37. The molecule has 1 aliphatic heterocycles. The second-order valence-corrected chi connectivity index (χ2v) is 6.21. The fourth-order valence-electron chi connectivity index (χ4n) is 3.25. The Morgan fingerprint density at radius 2 is 1.76 bits per heavy atom. The van der Waals surface area contributed by atoms with Crippen molar-refractivity contribution in [2.45, 2.75) is 19.6 Å². The molecule has 0 aliphatic carbocycles. The molecule has 2 aromatic rings. The number of morpholine rings is 1. The van der Waals surface area contributed by atoms with Crippen LogP contribution in [-0.4, -0.2) is 39.5 Å². The number of ether oxygens (including phenoxy) is 2. The van der Waals surface area contributed by atoms with Gasteiger partial charge in [-0.3, -0.25) is 0 Å². The van der Waals surface area contributed by atoms with Crippen molar-refractivity contribution in [2.75, 3.05) is 44.4 Å². The minimum absolute atomic E-state index is 0.0850. The summed E-state index contributed by atoms with van der Waals surface area (Å²) >= 11 is 0. The molecule has 1 unspecified atom stereocenters. The van der Waals surface area contributed by atoms with Gasteiger partial charge in [-0.15, -0.1) is 0 Å². The largest absolute Gasteiger partial charge is 0.378 e. The van der Waals surface area contributed by atoms with Gasteiger partial charge in [0.1, 0.15) is 0 Å². The summed E-state index contributed by atoms with van der Waals surface area (Å²) in [5, 5.41) is 3.58. The van der Waals surface area contributed by atoms with Crippen molar-refractivity contribution in [3.05, 3.63) is 65.7 Å². The van der Waals surface area contributed by atoms with Crippen LogP contribution >= 0.6 is 0 Å². The lowest BCUT2D eigenvalue weighted by Gasteiger charge is -2.30. The molecular weight excluding hydrogens is 312 g/mol. The van der Waals surface area contributed by atoms with Gasteiger partial charge in [0.25, 0.3) is 0 Å². The van der Waals surface area contributed by atoms with Crippen LogP contribution in [0.2, 0.25) is 0 Å². The van der Waals surface area contributed by atoms with Crippen LogP contribution in [0.4, 0.5) is 5.69 Å². The molecule has 1 saturated heterocycles. The monoisotopic (exact) mass is 340 g/mol. The molecule has 0 bridgehead atoms. The van der Waals surface area contributed by atoms with Gasteiger partial charge in [-0.1, -0.05) is 48.5 Å². The van der Waals surface area contributed by atoms with E-state index in [1.165, 1.54) is 16.8 Å². The van der Waals surface area contributed by atoms with E-state index in [1.54, 1.807) is 0 Å². The average Bonchev–Trinajstić information content (AvgIpc) is 2.69. The van der Waals surface area contributed by atoms with E-state index in [9.17, 15) is 0 Å². The number of nitrogens with zero attached hydrogens (tertiary/aromatic N) is 1. The molecule has 25 heavy (non-hydrogen) atoms. The third kappa shape index (κ3) is 5.05. The van der Waals surface area contributed by atoms with Crippen molar-refractivity contribution in [3.63, 3.8) is 0 Å². The van der Waals surface area contributed by atoms with Gasteiger partial charge in [0.15, 0.2) is 0 Å². The first kappa shape index (κ1) is 17.9. The molecule has 3 rings (SSSR count). The van der Waals surface area contributed by atoms with Gasteiger partial charge >= 0.3 is 0 Å². The quantitative estimate of drug-likeness (QED) is 0.799. The smallest absolute Gasteiger partial charge is 0.0949 e. The fraction of sp³-hybridized carbons (Fsp3) is 0.429. The van der Waals surface area contributed by atoms with Crippen LogP contribution in [0.1, 0.15) is 24.2 Å². The van der Waals surface area contributed by atoms with Crippen molar-refractivity contribution in [2.24, 2.45) is 0 Å². The summed E-state index contributed by atoms with van der Waals surface area (Å²) in [6.07, 6.45) is 0.0850. The van der Waals surface area contributed by atoms with E-state index in [0.29, 0.717) is 6.61 Å². The van der Waals surface area contributed by atoms with E-state index in [0.717, 1.165) is 39.4 Å². The Hall–Kier alpha value is -1.88. The Labute approximate surface area is 150 Å². The summed E-state index contributed by atoms with van der Waals surface area (Å²) in [6, 6.07) is 19.1. The van der Waals surface area contributed by atoms with Crippen molar-refractivity contribution in [1.82, 2.24) is 5.32 Å². The first-order chi connectivity index (χ1) is 12.4. The molecule has 0 amide bonds. The van der Waals surface area contributed by atoms with Crippen LogP contribution < -0.4 is 10.2 Å². The van der Waals surface area contributed by atoms with E-state index in [1.807, 2.05) is 13.0 Å². The molecule has 1 N–H and O–H groups in total. The predicted octanol–water partition coefficient (Wildman–Crippen LogP) is 3.39. The molecule has 1 fully saturated rings. The number of anilines is 1. The predicted molar refractivity (Wildman–Crippen MR) is 102 cm³/mol. The van der Waals surface area contributed by atoms with Crippen LogP contribution in [0.3, 0.4) is 0 Å². The maximum absolute atomic E-state index is 5.92. The SMILES string of the molecule is CCOC(CNCc1ccccc1N1CCOCC1)c1ccccc1. The highest BCUT2D eigenvalue weighted by atomic mass is 16.5. The highest BCUT2D eigenvalue weighted by Gasteiger charge is 2.15. The molecule has 0 saturated carbocycles. The molecule has 4 nitrogen and oxygen atoms in total. The van der Waals surface area contributed by atoms with E-state index >= 15 is 0 Å². The average molecular weight is 340 g/mol. The summed E-state index contributed by atoms with van der Waals surface area (Å²) in [5.74, 6) is 0. The molecule has 0 spiro atoms. The minimum Gasteiger partial charge on any atom is -0.378 e.